The third-order valence-electron chi connectivity index (χ3n) is 4.74. The summed E-state index contributed by atoms with van der Waals surface area (Å²) in [5.41, 5.74) is 3.46. The molecule has 0 spiro atoms. The fourth-order valence-electron chi connectivity index (χ4n) is 3.25. The minimum atomic E-state index is -0.202. The van der Waals surface area contributed by atoms with Crippen LogP contribution in [0.15, 0.2) is 60.8 Å². The van der Waals surface area contributed by atoms with Gasteiger partial charge >= 0.3 is 0 Å². The number of carbonyl (C=O) groups is 2. The van der Waals surface area contributed by atoms with Crippen molar-refractivity contribution in [1.82, 2.24) is 9.38 Å². The highest BCUT2D eigenvalue weighted by atomic mass is 32.1. The van der Waals surface area contributed by atoms with E-state index in [2.05, 4.69) is 5.32 Å². The Labute approximate surface area is 173 Å². The number of anilines is 1. The fraction of sp³-hybridized carbons (Fsp3) is 0.174. The molecular formula is C23H21N3O2S. The second-order valence-electron chi connectivity index (χ2n) is 6.94. The summed E-state index contributed by atoms with van der Waals surface area (Å²) < 4.78 is 1.89. The van der Waals surface area contributed by atoms with Gasteiger partial charge in [-0.3, -0.25) is 14.0 Å². The summed E-state index contributed by atoms with van der Waals surface area (Å²) in [6, 6.07) is 17.4. The maximum absolute atomic E-state index is 12.7. The molecule has 0 radical (unpaired) electrons. The van der Waals surface area contributed by atoms with Gasteiger partial charge in [0.05, 0.1) is 4.88 Å². The molecule has 6 heteroatoms. The van der Waals surface area contributed by atoms with Crippen molar-refractivity contribution in [3.05, 3.63) is 76.1 Å². The number of aromatic nitrogens is 2. The first-order valence-electron chi connectivity index (χ1n) is 9.45. The summed E-state index contributed by atoms with van der Waals surface area (Å²) in [7, 11) is 0. The number of aryl methyl sites for hydroxylation is 2. The Balaban J connectivity index is 1.59. The number of carbonyl (C=O) groups excluding carboxylic acids is 2. The first-order valence-corrected chi connectivity index (χ1v) is 10.3. The molecule has 0 aliphatic rings. The average Bonchev–Trinajstić information content (AvgIpc) is 3.32. The number of benzene rings is 1. The van der Waals surface area contributed by atoms with E-state index in [0.717, 1.165) is 21.7 Å². The van der Waals surface area contributed by atoms with E-state index in [-0.39, 0.29) is 24.5 Å². The van der Waals surface area contributed by atoms with Gasteiger partial charge in [-0.2, -0.15) is 0 Å². The van der Waals surface area contributed by atoms with Crippen LogP contribution in [0.5, 0.6) is 0 Å². The van der Waals surface area contributed by atoms with Gasteiger partial charge in [-0.15, -0.1) is 11.3 Å². The summed E-state index contributed by atoms with van der Waals surface area (Å²) in [6.07, 6.45) is 2.20. The number of nitrogens with one attached hydrogen (secondary N) is 1. The standard InChI is InChI=1S/C23H21N3O2S/c1-15-7-6-14-26-22(15)25-21(17-8-4-3-5-9-17)23(26)24-20(28)13-11-18(27)19-12-10-16(2)29-19/h3-10,12,14H,11,13H2,1-2H3,(H,24,28). The highest BCUT2D eigenvalue weighted by Crippen LogP contribution is 2.30. The number of imidazole rings is 1. The van der Waals surface area contributed by atoms with Crippen LogP contribution in [0.1, 0.15) is 33.0 Å². The number of hydrogen-bond acceptors (Lipinski definition) is 4. The van der Waals surface area contributed by atoms with Gasteiger partial charge < -0.3 is 5.32 Å². The molecule has 0 aliphatic carbocycles. The van der Waals surface area contributed by atoms with Crippen LogP contribution in [0.2, 0.25) is 0 Å². The number of hydrogen-bond donors (Lipinski definition) is 1. The van der Waals surface area contributed by atoms with Crippen molar-refractivity contribution in [2.45, 2.75) is 26.7 Å². The number of pyridine rings is 1. The molecule has 1 aromatic carbocycles. The van der Waals surface area contributed by atoms with E-state index >= 15 is 0 Å². The van der Waals surface area contributed by atoms with Crippen molar-refractivity contribution < 1.29 is 9.59 Å². The van der Waals surface area contributed by atoms with E-state index in [1.54, 1.807) is 0 Å². The van der Waals surface area contributed by atoms with Gasteiger partial charge in [0.15, 0.2) is 5.78 Å². The molecule has 0 aliphatic heterocycles. The first-order chi connectivity index (χ1) is 14.0. The van der Waals surface area contributed by atoms with Gasteiger partial charge in [-0.1, -0.05) is 36.4 Å². The Kier molecular flexibility index (Phi) is 5.27. The Morgan fingerprint density at radius 2 is 1.79 bits per heavy atom. The van der Waals surface area contributed by atoms with Crippen LogP contribution in [0.25, 0.3) is 16.9 Å². The predicted octanol–water partition coefficient (Wildman–Crippen LogP) is 5.28. The molecule has 5 nitrogen and oxygen atoms in total. The summed E-state index contributed by atoms with van der Waals surface area (Å²) >= 11 is 1.46. The summed E-state index contributed by atoms with van der Waals surface area (Å²) in [5.74, 6) is 0.418. The number of ketones is 1. The van der Waals surface area contributed by atoms with Gasteiger partial charge in [-0.05, 0) is 37.6 Å². The van der Waals surface area contributed by atoms with Crippen molar-refractivity contribution in [2.24, 2.45) is 0 Å². The van der Waals surface area contributed by atoms with Crippen LogP contribution < -0.4 is 5.32 Å². The number of Topliss-reactive ketones (excluding diaryl/α,β-unsaturated/α-hetero) is 1. The number of fused-ring (bicyclic) bond motifs is 1. The zero-order valence-corrected chi connectivity index (χ0v) is 17.1. The number of amides is 1. The zero-order chi connectivity index (χ0) is 20.4. The van der Waals surface area contributed by atoms with Crippen LogP contribution in [0, 0.1) is 13.8 Å². The third kappa shape index (κ3) is 3.98. The largest absolute Gasteiger partial charge is 0.310 e. The monoisotopic (exact) mass is 403 g/mol. The molecule has 1 amide bonds. The van der Waals surface area contributed by atoms with Crippen molar-refractivity contribution >= 4 is 34.5 Å². The minimum Gasteiger partial charge on any atom is -0.310 e. The molecule has 1 N–H and O–H groups in total. The fourth-order valence-corrected chi connectivity index (χ4v) is 4.08. The molecule has 0 bridgehead atoms. The normalized spacial score (nSPS) is 11.0. The highest BCUT2D eigenvalue weighted by Gasteiger charge is 2.18. The van der Waals surface area contributed by atoms with E-state index in [1.807, 2.05) is 79.0 Å². The molecule has 0 atom stereocenters. The summed E-state index contributed by atoms with van der Waals surface area (Å²) in [4.78, 5) is 31.5. The minimum absolute atomic E-state index is 0.00415. The maximum Gasteiger partial charge on any atom is 0.226 e. The molecule has 0 saturated carbocycles. The predicted molar refractivity (Wildman–Crippen MR) is 117 cm³/mol. The van der Waals surface area contributed by atoms with Crippen LogP contribution >= 0.6 is 11.3 Å². The maximum atomic E-state index is 12.7. The van der Waals surface area contributed by atoms with E-state index in [4.69, 9.17) is 4.98 Å². The van der Waals surface area contributed by atoms with Crippen molar-refractivity contribution in [1.29, 1.82) is 0 Å². The second kappa shape index (κ2) is 8.01. The van der Waals surface area contributed by atoms with Crippen LogP contribution in [0.4, 0.5) is 5.82 Å². The quantitative estimate of drug-likeness (QED) is 0.446. The Morgan fingerprint density at radius 3 is 2.52 bits per heavy atom. The number of nitrogens with zero attached hydrogens (tertiary/aromatic N) is 2. The lowest BCUT2D eigenvalue weighted by molar-refractivity contribution is -0.116. The van der Waals surface area contributed by atoms with Gasteiger partial charge in [0.2, 0.25) is 5.91 Å². The lowest BCUT2D eigenvalue weighted by atomic mass is 10.1. The lowest BCUT2D eigenvalue weighted by Gasteiger charge is -2.08. The van der Waals surface area contributed by atoms with Gasteiger partial charge in [-0.25, -0.2) is 4.98 Å². The molecule has 0 fully saturated rings. The first kappa shape index (κ1) is 19.1. The third-order valence-corrected chi connectivity index (χ3v) is 5.79. The number of thiophene rings is 1. The van der Waals surface area contributed by atoms with E-state index < -0.39 is 0 Å². The second-order valence-corrected chi connectivity index (χ2v) is 8.23. The van der Waals surface area contributed by atoms with Crippen LogP contribution in [-0.2, 0) is 4.79 Å². The van der Waals surface area contributed by atoms with Gasteiger partial charge in [0.25, 0.3) is 0 Å². The van der Waals surface area contributed by atoms with Gasteiger partial charge in [0, 0.05) is 29.5 Å². The topological polar surface area (TPSA) is 63.5 Å². The van der Waals surface area contributed by atoms with E-state index in [9.17, 15) is 9.59 Å². The molecule has 0 unspecified atom stereocenters. The molecule has 4 aromatic rings. The van der Waals surface area contributed by atoms with Gasteiger partial charge in [0.1, 0.15) is 17.2 Å². The smallest absolute Gasteiger partial charge is 0.226 e. The molecule has 3 heterocycles. The molecule has 0 saturated heterocycles. The Hall–Kier alpha value is -3.25. The van der Waals surface area contributed by atoms with Crippen molar-refractivity contribution in [2.75, 3.05) is 5.32 Å². The molecule has 146 valence electrons. The highest BCUT2D eigenvalue weighted by molar-refractivity contribution is 7.14. The van der Waals surface area contributed by atoms with Crippen molar-refractivity contribution in [3.8, 4) is 11.3 Å². The average molecular weight is 404 g/mol. The lowest BCUT2D eigenvalue weighted by Crippen LogP contribution is -2.15. The summed E-state index contributed by atoms with van der Waals surface area (Å²) in [5, 5.41) is 2.98. The molecule has 4 rings (SSSR count). The number of rotatable bonds is 6. The van der Waals surface area contributed by atoms with E-state index in [1.165, 1.54) is 11.3 Å². The molecular weight excluding hydrogens is 382 g/mol. The SMILES string of the molecule is Cc1ccc(C(=O)CCC(=O)Nc2c(-c3ccccc3)nc3c(C)cccn23)s1. The molecule has 3 aromatic heterocycles. The Bertz CT molecular complexity index is 1190. The van der Waals surface area contributed by atoms with Crippen LogP contribution in [-0.4, -0.2) is 21.1 Å². The zero-order valence-electron chi connectivity index (χ0n) is 16.3. The van der Waals surface area contributed by atoms with Crippen LogP contribution in [0.3, 0.4) is 0 Å². The van der Waals surface area contributed by atoms with Crippen molar-refractivity contribution in [3.63, 3.8) is 0 Å². The van der Waals surface area contributed by atoms with E-state index in [0.29, 0.717) is 16.4 Å². The molecule has 29 heavy (non-hydrogen) atoms. The summed E-state index contributed by atoms with van der Waals surface area (Å²) in [6.45, 7) is 3.95. The Morgan fingerprint density at radius 1 is 1.00 bits per heavy atom.